The minimum Gasteiger partial charge on any atom is -0.489 e. The van der Waals surface area contributed by atoms with Crippen molar-refractivity contribution in [3.63, 3.8) is 0 Å². The van der Waals surface area contributed by atoms with Gasteiger partial charge in [-0.3, -0.25) is 4.99 Å². The molecule has 2 nitrogen and oxygen atoms in total. The maximum absolute atomic E-state index is 5.36. The van der Waals surface area contributed by atoms with E-state index in [9.17, 15) is 0 Å². The SMILES string of the molecule is C=N/C=C\C(=C)OCc1ccccc1. The molecule has 0 radical (unpaired) electrons. The number of nitrogens with zero attached hydrogens (tertiary/aromatic N) is 1. The molecule has 0 N–H and O–H groups in total. The van der Waals surface area contributed by atoms with Gasteiger partial charge in [0, 0.05) is 6.20 Å². The molecular weight excluding hydrogens is 174 g/mol. The van der Waals surface area contributed by atoms with Gasteiger partial charge in [0.15, 0.2) is 0 Å². The number of hydrogen-bond donors (Lipinski definition) is 0. The van der Waals surface area contributed by atoms with Gasteiger partial charge in [-0.2, -0.15) is 0 Å². The highest BCUT2D eigenvalue weighted by Crippen LogP contribution is 2.05. The smallest absolute Gasteiger partial charge is 0.114 e. The highest BCUT2D eigenvalue weighted by Gasteiger charge is 1.91. The summed E-state index contributed by atoms with van der Waals surface area (Å²) in [6, 6.07) is 9.93. The van der Waals surface area contributed by atoms with Crippen LogP contribution in [0, 0.1) is 0 Å². The Morgan fingerprint density at radius 3 is 2.71 bits per heavy atom. The topological polar surface area (TPSA) is 21.6 Å². The molecule has 0 aromatic heterocycles. The van der Waals surface area contributed by atoms with E-state index in [1.54, 1.807) is 12.3 Å². The second-order valence-corrected chi connectivity index (χ2v) is 2.74. The molecular formula is C12H13NO. The second-order valence-electron chi connectivity index (χ2n) is 2.74. The molecule has 1 aromatic rings. The summed E-state index contributed by atoms with van der Waals surface area (Å²) in [5.41, 5.74) is 1.12. The van der Waals surface area contributed by atoms with Crippen LogP contribution in [0.1, 0.15) is 5.56 Å². The summed E-state index contributed by atoms with van der Waals surface area (Å²) in [7, 11) is 0. The molecule has 0 unspecified atom stereocenters. The average Bonchev–Trinajstić information content (AvgIpc) is 2.25. The molecule has 0 aliphatic carbocycles. The molecule has 1 aromatic carbocycles. The third kappa shape index (κ3) is 3.72. The number of benzene rings is 1. The Hall–Kier alpha value is -1.83. The van der Waals surface area contributed by atoms with Crippen molar-refractivity contribution in [1.82, 2.24) is 0 Å². The fourth-order valence-electron chi connectivity index (χ4n) is 0.934. The molecule has 0 aliphatic rings. The van der Waals surface area contributed by atoms with Crippen LogP contribution in [0.5, 0.6) is 0 Å². The quantitative estimate of drug-likeness (QED) is 0.394. The molecule has 0 spiro atoms. The van der Waals surface area contributed by atoms with Gasteiger partial charge < -0.3 is 4.74 Å². The van der Waals surface area contributed by atoms with Crippen LogP contribution in [0.4, 0.5) is 0 Å². The molecule has 0 aliphatic heterocycles. The Labute approximate surface area is 84.3 Å². The highest BCUT2D eigenvalue weighted by molar-refractivity contribution is 5.26. The molecule has 72 valence electrons. The first kappa shape index (κ1) is 10.3. The summed E-state index contributed by atoms with van der Waals surface area (Å²) in [4.78, 5) is 3.56. The van der Waals surface area contributed by atoms with Crippen LogP contribution in [0.2, 0.25) is 0 Å². The van der Waals surface area contributed by atoms with Gasteiger partial charge in [-0.1, -0.05) is 36.9 Å². The van der Waals surface area contributed by atoms with E-state index < -0.39 is 0 Å². The van der Waals surface area contributed by atoms with Crippen molar-refractivity contribution in [3.8, 4) is 0 Å². The molecule has 0 heterocycles. The number of allylic oxidation sites excluding steroid dienone is 1. The van der Waals surface area contributed by atoms with Crippen molar-refractivity contribution in [1.29, 1.82) is 0 Å². The Kier molecular flexibility index (Phi) is 4.21. The summed E-state index contributed by atoms with van der Waals surface area (Å²) >= 11 is 0. The molecule has 0 bridgehead atoms. The van der Waals surface area contributed by atoms with Crippen LogP contribution in [-0.4, -0.2) is 6.72 Å². The van der Waals surface area contributed by atoms with E-state index in [4.69, 9.17) is 4.74 Å². The Morgan fingerprint density at radius 1 is 1.36 bits per heavy atom. The zero-order chi connectivity index (χ0) is 10.2. The standard InChI is InChI=1S/C12H13NO/c1-11(8-9-13-2)14-10-12-6-4-3-5-7-12/h3-9H,1-2,10H2/b9-8-. The van der Waals surface area contributed by atoms with Gasteiger partial charge in [-0.05, 0) is 18.4 Å². The van der Waals surface area contributed by atoms with Crippen molar-refractivity contribution in [2.45, 2.75) is 6.61 Å². The highest BCUT2D eigenvalue weighted by atomic mass is 16.5. The van der Waals surface area contributed by atoms with E-state index in [1.807, 2.05) is 30.3 Å². The maximum Gasteiger partial charge on any atom is 0.114 e. The molecule has 0 atom stereocenters. The van der Waals surface area contributed by atoms with E-state index in [0.717, 1.165) is 5.56 Å². The van der Waals surface area contributed by atoms with Crippen LogP contribution in [-0.2, 0) is 11.3 Å². The number of aliphatic imine (C=N–C) groups is 1. The monoisotopic (exact) mass is 187 g/mol. The number of rotatable bonds is 5. The maximum atomic E-state index is 5.36. The Bertz CT molecular complexity index is 327. The minimum atomic E-state index is 0.529. The van der Waals surface area contributed by atoms with Crippen molar-refractivity contribution in [2.24, 2.45) is 4.99 Å². The van der Waals surface area contributed by atoms with Crippen molar-refractivity contribution in [2.75, 3.05) is 0 Å². The molecule has 14 heavy (non-hydrogen) atoms. The van der Waals surface area contributed by atoms with Gasteiger partial charge >= 0.3 is 0 Å². The minimum absolute atomic E-state index is 0.529. The third-order valence-electron chi connectivity index (χ3n) is 1.63. The first-order chi connectivity index (χ1) is 6.83. The summed E-state index contributed by atoms with van der Waals surface area (Å²) in [5, 5.41) is 0. The van der Waals surface area contributed by atoms with Crippen molar-refractivity contribution < 1.29 is 4.74 Å². The van der Waals surface area contributed by atoms with Crippen LogP contribution < -0.4 is 0 Å². The largest absolute Gasteiger partial charge is 0.489 e. The van der Waals surface area contributed by atoms with E-state index >= 15 is 0 Å². The van der Waals surface area contributed by atoms with E-state index in [-0.39, 0.29) is 0 Å². The molecule has 1 rings (SSSR count). The predicted molar refractivity (Wildman–Crippen MR) is 59.1 cm³/mol. The Balaban J connectivity index is 2.38. The molecule has 0 saturated carbocycles. The van der Waals surface area contributed by atoms with E-state index in [0.29, 0.717) is 12.4 Å². The fourth-order valence-corrected chi connectivity index (χ4v) is 0.934. The average molecular weight is 187 g/mol. The lowest BCUT2D eigenvalue weighted by Crippen LogP contribution is -1.89. The number of hydrogen-bond acceptors (Lipinski definition) is 2. The molecule has 0 fully saturated rings. The lowest BCUT2D eigenvalue weighted by atomic mass is 10.2. The lowest BCUT2D eigenvalue weighted by molar-refractivity contribution is 0.212. The fraction of sp³-hybridized carbons (Fsp3) is 0.0833. The van der Waals surface area contributed by atoms with E-state index in [1.165, 1.54) is 0 Å². The third-order valence-corrected chi connectivity index (χ3v) is 1.63. The van der Waals surface area contributed by atoms with Gasteiger partial charge in [-0.15, -0.1) is 0 Å². The van der Waals surface area contributed by atoms with E-state index in [2.05, 4.69) is 18.3 Å². The molecule has 0 amide bonds. The zero-order valence-corrected chi connectivity index (χ0v) is 8.02. The van der Waals surface area contributed by atoms with Crippen LogP contribution >= 0.6 is 0 Å². The van der Waals surface area contributed by atoms with Crippen LogP contribution in [0.15, 0.2) is 59.9 Å². The van der Waals surface area contributed by atoms with Crippen molar-refractivity contribution >= 4 is 6.72 Å². The molecule has 2 heteroatoms. The van der Waals surface area contributed by atoms with Gasteiger partial charge in [0.1, 0.15) is 12.4 Å². The molecule has 0 saturated heterocycles. The summed E-state index contributed by atoms with van der Waals surface area (Å²) in [6.45, 7) is 7.56. The first-order valence-corrected chi connectivity index (χ1v) is 4.31. The predicted octanol–water partition coefficient (Wildman–Crippen LogP) is 2.93. The van der Waals surface area contributed by atoms with Gasteiger partial charge in [0.2, 0.25) is 0 Å². The van der Waals surface area contributed by atoms with Gasteiger partial charge in [0.25, 0.3) is 0 Å². The Morgan fingerprint density at radius 2 is 2.07 bits per heavy atom. The second kappa shape index (κ2) is 5.75. The summed E-state index contributed by atoms with van der Waals surface area (Å²) in [5.74, 6) is 0.584. The normalized spacial score (nSPS) is 10.0. The number of ether oxygens (including phenoxy) is 1. The van der Waals surface area contributed by atoms with Gasteiger partial charge in [0.05, 0.1) is 0 Å². The summed E-state index contributed by atoms with van der Waals surface area (Å²) in [6.07, 6.45) is 3.23. The first-order valence-electron chi connectivity index (χ1n) is 4.31. The van der Waals surface area contributed by atoms with Gasteiger partial charge in [-0.25, -0.2) is 0 Å². The van der Waals surface area contributed by atoms with Crippen LogP contribution in [0.25, 0.3) is 0 Å². The van der Waals surface area contributed by atoms with Crippen LogP contribution in [0.3, 0.4) is 0 Å². The lowest BCUT2D eigenvalue weighted by Gasteiger charge is -2.04. The zero-order valence-electron chi connectivity index (χ0n) is 8.02. The summed E-state index contributed by atoms with van der Waals surface area (Å²) < 4.78 is 5.36. The van der Waals surface area contributed by atoms with Crippen molar-refractivity contribution in [3.05, 3.63) is 60.5 Å².